The SMILES string of the molecule is C[Si]12OCCN(CC(C(F)(F)F)O1)CC(C(F)(F)F)O2. The minimum atomic E-state index is -4.68. The standard InChI is InChI=1S/C9H13F6NO3Si/c1-20-17-3-2-16(4-6(18-20)8(10,11)12)5-7(19-20)9(13,14)15/h6-7H,2-5H2,1H3. The van der Waals surface area contributed by atoms with Crippen molar-refractivity contribution in [2.45, 2.75) is 31.1 Å². The van der Waals surface area contributed by atoms with E-state index >= 15 is 0 Å². The molecule has 3 aliphatic rings. The maximum Gasteiger partial charge on any atom is 0.498 e. The maximum absolute atomic E-state index is 12.8. The molecule has 118 valence electrons. The molecule has 3 aliphatic heterocycles. The van der Waals surface area contributed by atoms with Crippen molar-refractivity contribution in [3.63, 3.8) is 0 Å². The first-order chi connectivity index (χ1) is 9.00. The van der Waals surface area contributed by atoms with Gasteiger partial charge >= 0.3 is 21.2 Å². The van der Waals surface area contributed by atoms with Crippen LogP contribution in [0.1, 0.15) is 0 Å². The number of fused-ring (bicyclic) bond motifs is 6. The molecule has 11 heteroatoms. The highest BCUT2D eigenvalue weighted by molar-refractivity contribution is 6.59. The van der Waals surface area contributed by atoms with Crippen LogP contribution in [0.5, 0.6) is 0 Å². The Morgan fingerprint density at radius 1 is 0.950 bits per heavy atom. The van der Waals surface area contributed by atoms with Crippen LogP contribution in [-0.2, 0) is 13.3 Å². The molecule has 2 bridgehead atoms. The fourth-order valence-electron chi connectivity index (χ4n) is 2.11. The van der Waals surface area contributed by atoms with E-state index in [4.69, 9.17) is 13.3 Å². The summed E-state index contributed by atoms with van der Waals surface area (Å²) in [6, 6.07) is 0. The van der Waals surface area contributed by atoms with Crippen LogP contribution in [0.15, 0.2) is 0 Å². The molecule has 3 rings (SSSR count). The monoisotopic (exact) mass is 325 g/mol. The molecule has 0 radical (unpaired) electrons. The molecule has 0 aliphatic carbocycles. The zero-order chi connectivity index (χ0) is 15.2. The summed E-state index contributed by atoms with van der Waals surface area (Å²) in [4.78, 5) is 1.00. The van der Waals surface area contributed by atoms with E-state index in [2.05, 4.69) is 0 Å². The molecule has 0 N–H and O–H groups in total. The third-order valence-electron chi connectivity index (χ3n) is 3.06. The summed E-state index contributed by atoms with van der Waals surface area (Å²) < 4.78 is 91.4. The van der Waals surface area contributed by atoms with Crippen molar-refractivity contribution in [1.29, 1.82) is 0 Å². The number of hydrogen-bond acceptors (Lipinski definition) is 4. The smallest absolute Gasteiger partial charge is 0.372 e. The summed E-state index contributed by atoms with van der Waals surface area (Å²) in [6.07, 6.45) is -13.8. The number of hydrogen-bond donors (Lipinski definition) is 0. The molecule has 0 aromatic carbocycles. The lowest BCUT2D eigenvalue weighted by Crippen LogP contribution is -2.63. The Labute approximate surface area is 111 Å². The van der Waals surface area contributed by atoms with Crippen LogP contribution in [0.4, 0.5) is 26.3 Å². The second kappa shape index (κ2) is 5.12. The minimum absolute atomic E-state index is 0.0160. The quantitative estimate of drug-likeness (QED) is 0.502. The highest BCUT2D eigenvalue weighted by Gasteiger charge is 2.56. The second-order valence-electron chi connectivity index (χ2n) is 4.77. The average molecular weight is 325 g/mol. The normalized spacial score (nSPS) is 40.0. The number of nitrogens with zero attached hydrogens (tertiary/aromatic N) is 1. The topological polar surface area (TPSA) is 30.9 Å². The van der Waals surface area contributed by atoms with Crippen LogP contribution in [0.2, 0.25) is 6.55 Å². The van der Waals surface area contributed by atoms with Crippen molar-refractivity contribution in [2.24, 2.45) is 0 Å². The van der Waals surface area contributed by atoms with E-state index < -0.39 is 46.5 Å². The molecule has 3 heterocycles. The van der Waals surface area contributed by atoms with Gasteiger partial charge in [-0.1, -0.05) is 0 Å². The van der Waals surface area contributed by atoms with Crippen molar-refractivity contribution < 1.29 is 39.6 Å². The maximum atomic E-state index is 12.8. The molecule has 0 spiro atoms. The van der Waals surface area contributed by atoms with Gasteiger partial charge in [-0.15, -0.1) is 0 Å². The average Bonchev–Trinajstić information content (AvgIpc) is 2.16. The van der Waals surface area contributed by atoms with Gasteiger partial charge in [0.1, 0.15) is 0 Å². The highest BCUT2D eigenvalue weighted by atomic mass is 28.4. The minimum Gasteiger partial charge on any atom is -0.372 e. The molecular weight excluding hydrogens is 312 g/mol. The fourth-order valence-corrected chi connectivity index (χ4v) is 4.22. The fraction of sp³-hybridized carbons (Fsp3) is 1.00. The second-order valence-corrected chi connectivity index (χ2v) is 7.25. The van der Waals surface area contributed by atoms with Crippen molar-refractivity contribution in [3.05, 3.63) is 0 Å². The Kier molecular flexibility index (Phi) is 4.10. The Morgan fingerprint density at radius 2 is 1.40 bits per heavy atom. The van der Waals surface area contributed by atoms with Gasteiger partial charge in [-0.3, -0.25) is 4.90 Å². The van der Waals surface area contributed by atoms with Crippen molar-refractivity contribution in [3.8, 4) is 0 Å². The molecule has 0 aromatic rings. The van der Waals surface area contributed by atoms with Gasteiger partial charge in [-0.25, -0.2) is 0 Å². The predicted octanol–water partition coefficient (Wildman–Crippen LogP) is 1.80. The van der Waals surface area contributed by atoms with Crippen molar-refractivity contribution in [2.75, 3.05) is 26.2 Å². The molecule has 0 aromatic heterocycles. The van der Waals surface area contributed by atoms with E-state index in [9.17, 15) is 26.3 Å². The first kappa shape index (κ1) is 16.0. The summed E-state index contributed by atoms with van der Waals surface area (Å²) in [6.45, 7) is -0.269. The van der Waals surface area contributed by atoms with E-state index in [1.807, 2.05) is 0 Å². The van der Waals surface area contributed by atoms with Crippen LogP contribution in [0, 0.1) is 0 Å². The molecule has 4 nitrogen and oxygen atoms in total. The van der Waals surface area contributed by atoms with Gasteiger partial charge in [0.05, 0.1) is 6.61 Å². The van der Waals surface area contributed by atoms with Crippen molar-refractivity contribution in [1.82, 2.24) is 4.90 Å². The van der Waals surface area contributed by atoms with Crippen LogP contribution in [-0.4, -0.2) is 64.5 Å². The van der Waals surface area contributed by atoms with Crippen LogP contribution >= 0.6 is 0 Å². The summed E-state index contributed by atoms with van der Waals surface area (Å²) in [5.41, 5.74) is 0. The first-order valence-electron chi connectivity index (χ1n) is 5.85. The molecule has 20 heavy (non-hydrogen) atoms. The largest absolute Gasteiger partial charge is 0.498 e. The van der Waals surface area contributed by atoms with E-state index in [1.165, 1.54) is 0 Å². The predicted molar refractivity (Wildman–Crippen MR) is 55.9 cm³/mol. The van der Waals surface area contributed by atoms with E-state index in [0.29, 0.717) is 0 Å². The molecular formula is C9H13F6NO3Si. The van der Waals surface area contributed by atoms with E-state index in [1.54, 1.807) is 0 Å². The summed E-state index contributed by atoms with van der Waals surface area (Å²) >= 11 is 0. The highest BCUT2D eigenvalue weighted by Crippen LogP contribution is 2.34. The Bertz CT molecular complexity index is 337. The zero-order valence-electron chi connectivity index (χ0n) is 10.4. The lowest BCUT2D eigenvalue weighted by molar-refractivity contribution is -0.250. The zero-order valence-corrected chi connectivity index (χ0v) is 11.4. The molecule has 2 unspecified atom stereocenters. The number of halogens is 6. The van der Waals surface area contributed by atoms with E-state index in [-0.39, 0.29) is 13.2 Å². The lowest BCUT2D eigenvalue weighted by atomic mass is 10.2. The number of alkyl halides is 6. The van der Waals surface area contributed by atoms with Gasteiger partial charge in [0.25, 0.3) is 0 Å². The lowest BCUT2D eigenvalue weighted by Gasteiger charge is -2.43. The Balaban J connectivity index is 2.27. The van der Waals surface area contributed by atoms with Gasteiger partial charge in [0.15, 0.2) is 12.2 Å². The van der Waals surface area contributed by atoms with Crippen LogP contribution < -0.4 is 0 Å². The van der Waals surface area contributed by atoms with Gasteiger partial charge in [0, 0.05) is 26.2 Å². The summed E-state index contributed by atoms with van der Waals surface area (Å²) in [5.74, 6) is 0. The van der Waals surface area contributed by atoms with Crippen LogP contribution in [0.25, 0.3) is 0 Å². The number of rotatable bonds is 0. The summed E-state index contributed by atoms with van der Waals surface area (Å²) in [5, 5.41) is 0. The van der Waals surface area contributed by atoms with Crippen molar-refractivity contribution >= 4 is 8.80 Å². The Hall–Kier alpha value is -0.363. The molecule has 0 amide bonds. The molecule has 3 saturated heterocycles. The van der Waals surface area contributed by atoms with Gasteiger partial charge < -0.3 is 13.3 Å². The Morgan fingerprint density at radius 3 is 1.80 bits per heavy atom. The van der Waals surface area contributed by atoms with Gasteiger partial charge in [-0.05, 0) is 0 Å². The molecule has 3 fully saturated rings. The first-order valence-corrected chi connectivity index (χ1v) is 8.07. The van der Waals surface area contributed by atoms with Gasteiger partial charge in [-0.2, -0.15) is 26.3 Å². The third-order valence-corrected chi connectivity index (χ3v) is 5.22. The molecule has 2 atom stereocenters. The van der Waals surface area contributed by atoms with Gasteiger partial charge in [0.2, 0.25) is 0 Å². The van der Waals surface area contributed by atoms with Crippen LogP contribution in [0.3, 0.4) is 0 Å². The summed E-state index contributed by atoms with van der Waals surface area (Å²) in [7, 11) is -3.99. The van der Waals surface area contributed by atoms with E-state index in [0.717, 1.165) is 11.4 Å². The third kappa shape index (κ3) is 3.64. The molecule has 0 saturated carbocycles.